The number of nitrogens with one attached hydrogen (secondary N) is 2. The standard InChI is InChI=1S/C46H49F2N11O4S/c1-55-39-17-40(34(48)16-31(39)43(53-55)59-12-8-41(60)52-44(59)61)57-25-46(26-57)20-28(21-46)56-13-9-45(10-14-56)18-27(19-45)38-23-50-36-5-3-29(15-37(36)51-38)63-42-32(22-49)35(6-4-33(42)47)54-64-58-11-7-30(24-58)62-2/h3-6,15-17,23,27-28,30,54H,7-14,18-21,24-26H2,1-2H3,(H,52,60,61). The molecule has 1 atom stereocenters. The molecule has 1 unspecified atom stereocenters. The van der Waals surface area contributed by atoms with E-state index in [9.17, 15) is 14.9 Å². The summed E-state index contributed by atoms with van der Waals surface area (Å²) in [7, 11) is 3.49. The average Bonchev–Trinajstić information content (AvgIpc) is 3.85. The van der Waals surface area contributed by atoms with Gasteiger partial charge in [-0.3, -0.25) is 24.7 Å². The molecule has 4 aliphatic heterocycles. The summed E-state index contributed by atoms with van der Waals surface area (Å²) in [5.74, 6) is -0.354. The number of ether oxygens (including phenoxy) is 2. The molecule has 2 saturated carbocycles. The van der Waals surface area contributed by atoms with E-state index in [4.69, 9.17) is 19.4 Å². The van der Waals surface area contributed by atoms with E-state index in [0.717, 1.165) is 101 Å². The lowest BCUT2D eigenvalue weighted by molar-refractivity contribution is -0.120. The minimum atomic E-state index is -0.624. The summed E-state index contributed by atoms with van der Waals surface area (Å²) >= 11 is 1.37. The molecule has 6 aliphatic rings. The maximum Gasteiger partial charge on any atom is 0.329 e. The number of methoxy groups -OCH3 is 1. The molecule has 3 amide bonds. The summed E-state index contributed by atoms with van der Waals surface area (Å²) in [6.07, 6.45) is 9.88. The van der Waals surface area contributed by atoms with Crippen molar-refractivity contribution in [1.29, 1.82) is 5.26 Å². The molecule has 2 aromatic heterocycles. The van der Waals surface area contributed by atoms with Crippen molar-refractivity contribution in [3.8, 4) is 17.6 Å². The van der Waals surface area contributed by atoms with Gasteiger partial charge in [0.15, 0.2) is 17.4 Å². The Bertz CT molecular complexity index is 2730. The Morgan fingerprint density at radius 3 is 2.53 bits per heavy atom. The van der Waals surface area contributed by atoms with Gasteiger partial charge in [-0.25, -0.2) is 22.9 Å². The Morgan fingerprint density at radius 2 is 1.78 bits per heavy atom. The Balaban J connectivity index is 0.676. The van der Waals surface area contributed by atoms with Gasteiger partial charge in [0.1, 0.15) is 23.2 Å². The molecule has 2 N–H and O–H groups in total. The molecule has 6 fully saturated rings. The van der Waals surface area contributed by atoms with Crippen LogP contribution in [0.4, 0.5) is 30.8 Å². The minimum Gasteiger partial charge on any atom is -0.453 e. The van der Waals surface area contributed by atoms with E-state index in [1.165, 1.54) is 29.2 Å². The Hall–Kier alpha value is -5.61. The first kappa shape index (κ1) is 41.1. The van der Waals surface area contributed by atoms with Gasteiger partial charge in [0.25, 0.3) is 0 Å². The number of urea groups is 1. The van der Waals surface area contributed by atoms with Crippen LogP contribution in [0.1, 0.15) is 68.5 Å². The lowest BCUT2D eigenvalue weighted by Gasteiger charge is -2.63. The number of piperidine rings is 1. The molecule has 5 aromatic rings. The zero-order valence-corrected chi connectivity index (χ0v) is 36.6. The third kappa shape index (κ3) is 7.26. The van der Waals surface area contributed by atoms with Crippen molar-refractivity contribution in [2.45, 2.75) is 69.4 Å². The second-order valence-corrected chi connectivity index (χ2v) is 19.7. The second-order valence-electron chi connectivity index (χ2n) is 18.8. The first-order chi connectivity index (χ1) is 31.0. The number of anilines is 3. The number of amides is 3. The first-order valence-corrected chi connectivity index (χ1v) is 22.9. The van der Waals surface area contributed by atoms with Crippen LogP contribution in [0.5, 0.6) is 11.5 Å². The van der Waals surface area contributed by atoms with Crippen LogP contribution in [0, 0.1) is 33.8 Å². The highest BCUT2D eigenvalue weighted by atomic mass is 32.2. The molecule has 2 spiro atoms. The highest BCUT2D eigenvalue weighted by molar-refractivity contribution is 7.98. The van der Waals surface area contributed by atoms with Crippen LogP contribution in [0.2, 0.25) is 0 Å². The molecular weight excluding hydrogens is 841 g/mol. The number of fused-ring (bicyclic) bond motifs is 2. The summed E-state index contributed by atoms with van der Waals surface area (Å²) in [5.41, 5.74) is 4.74. The molecule has 2 aliphatic carbocycles. The predicted octanol–water partition coefficient (Wildman–Crippen LogP) is 7.23. The van der Waals surface area contributed by atoms with Crippen molar-refractivity contribution in [1.82, 2.24) is 34.3 Å². The maximum atomic E-state index is 15.7. The number of carbonyl (C=O) groups is 2. The van der Waals surface area contributed by atoms with Crippen LogP contribution in [0.15, 0.2) is 48.7 Å². The lowest BCUT2D eigenvalue weighted by Crippen LogP contribution is -2.67. The van der Waals surface area contributed by atoms with E-state index >= 15 is 8.78 Å². The van der Waals surface area contributed by atoms with Gasteiger partial charge in [-0.2, -0.15) is 10.4 Å². The van der Waals surface area contributed by atoms with Crippen molar-refractivity contribution in [3.05, 3.63) is 71.6 Å². The summed E-state index contributed by atoms with van der Waals surface area (Å²) in [6, 6.07) is 13.6. The van der Waals surface area contributed by atoms with Crippen LogP contribution < -0.4 is 24.6 Å². The van der Waals surface area contributed by atoms with Gasteiger partial charge >= 0.3 is 6.03 Å². The molecule has 332 valence electrons. The van der Waals surface area contributed by atoms with Gasteiger partial charge in [0, 0.05) is 100 Å². The van der Waals surface area contributed by atoms with Gasteiger partial charge in [0.2, 0.25) is 5.91 Å². The number of benzene rings is 3. The Labute approximate surface area is 373 Å². The Kier molecular flexibility index (Phi) is 10.2. The number of likely N-dealkylation sites (tertiary alicyclic amines) is 1. The number of carbonyl (C=O) groups excluding carboxylic acids is 2. The van der Waals surface area contributed by atoms with Gasteiger partial charge in [0.05, 0.1) is 39.7 Å². The van der Waals surface area contributed by atoms with E-state index in [0.29, 0.717) is 51.2 Å². The highest BCUT2D eigenvalue weighted by Crippen LogP contribution is 2.58. The number of rotatable bonds is 10. The molecule has 64 heavy (non-hydrogen) atoms. The van der Waals surface area contributed by atoms with Gasteiger partial charge < -0.3 is 24.0 Å². The fourth-order valence-corrected chi connectivity index (χ4v) is 12.0. The van der Waals surface area contributed by atoms with Crippen LogP contribution in [-0.2, 0) is 16.6 Å². The molecule has 6 heterocycles. The predicted molar refractivity (Wildman–Crippen MR) is 238 cm³/mol. The number of nitrogens with zero attached hydrogens (tertiary/aromatic N) is 9. The van der Waals surface area contributed by atoms with Crippen molar-refractivity contribution in [2.75, 3.05) is 67.4 Å². The number of aryl methyl sites for hydroxylation is 1. The van der Waals surface area contributed by atoms with E-state index in [1.54, 1.807) is 37.0 Å². The molecule has 11 rings (SSSR count). The van der Waals surface area contributed by atoms with E-state index < -0.39 is 11.8 Å². The number of nitriles is 1. The lowest BCUT2D eigenvalue weighted by atomic mass is 9.55. The van der Waals surface area contributed by atoms with Crippen LogP contribution in [0.3, 0.4) is 0 Å². The normalized spacial score (nSPS) is 23.3. The molecule has 0 bridgehead atoms. The fraction of sp³-hybridized carbons (Fsp3) is 0.478. The number of hydrogen-bond donors (Lipinski definition) is 2. The summed E-state index contributed by atoms with van der Waals surface area (Å²) in [4.78, 5) is 40.1. The number of imide groups is 1. The fourth-order valence-electron chi connectivity index (χ4n) is 11.1. The zero-order valence-electron chi connectivity index (χ0n) is 35.8. The number of hydrogen-bond acceptors (Lipinski definition) is 13. The third-order valence-electron chi connectivity index (χ3n) is 14.8. The minimum absolute atomic E-state index is 0.0866. The average molecular weight is 890 g/mol. The van der Waals surface area contributed by atoms with Gasteiger partial charge in [-0.1, -0.05) is 0 Å². The van der Waals surface area contributed by atoms with Crippen LogP contribution in [0.25, 0.3) is 21.9 Å². The summed E-state index contributed by atoms with van der Waals surface area (Å²) in [5, 5.41) is 17.5. The highest BCUT2D eigenvalue weighted by Gasteiger charge is 2.56. The number of aromatic nitrogens is 4. The van der Waals surface area contributed by atoms with Crippen molar-refractivity contribution < 1.29 is 27.8 Å². The van der Waals surface area contributed by atoms with Crippen molar-refractivity contribution in [3.63, 3.8) is 0 Å². The number of halogens is 2. The first-order valence-electron chi connectivity index (χ1n) is 22.1. The molecule has 3 aromatic carbocycles. The largest absolute Gasteiger partial charge is 0.453 e. The van der Waals surface area contributed by atoms with E-state index in [-0.39, 0.29) is 47.5 Å². The summed E-state index contributed by atoms with van der Waals surface area (Å²) in [6.45, 7) is 5.61. The van der Waals surface area contributed by atoms with E-state index in [2.05, 4.69) is 35.3 Å². The monoisotopic (exact) mass is 889 g/mol. The quantitative estimate of drug-likeness (QED) is 0.136. The van der Waals surface area contributed by atoms with Gasteiger partial charge in [-0.15, -0.1) is 0 Å². The zero-order chi connectivity index (χ0) is 43.9. The molecular formula is C46H49F2N11O4S. The topological polar surface area (TPSA) is 157 Å². The van der Waals surface area contributed by atoms with E-state index in [1.807, 2.05) is 18.3 Å². The van der Waals surface area contributed by atoms with Crippen molar-refractivity contribution >= 4 is 63.2 Å². The molecule has 18 heteroatoms. The smallest absolute Gasteiger partial charge is 0.329 e. The van der Waals surface area contributed by atoms with Crippen molar-refractivity contribution in [2.24, 2.45) is 17.9 Å². The molecule has 4 saturated heterocycles. The maximum absolute atomic E-state index is 15.7. The Morgan fingerprint density at radius 1 is 0.969 bits per heavy atom. The van der Waals surface area contributed by atoms with Crippen LogP contribution in [-0.4, -0.2) is 106 Å². The SMILES string of the molecule is COC1CCN(SNc2ccc(F)c(Oc3ccc4ncc(C5CC6(CCN(C7CC8(C7)CN(c7cc9c(cc7F)c(N7CCC(=O)NC7=O)nn9C)C8)CC6)C5)nc4c3)c2C#N)C1. The summed E-state index contributed by atoms with van der Waals surface area (Å²) < 4.78 is 49.4. The van der Waals surface area contributed by atoms with Crippen LogP contribution >= 0.6 is 12.1 Å². The second kappa shape index (κ2) is 15.8. The third-order valence-corrected chi connectivity index (χ3v) is 15.7. The van der Waals surface area contributed by atoms with Gasteiger partial charge in [-0.05, 0) is 99.8 Å². The molecule has 15 nitrogen and oxygen atoms in total. The molecule has 0 radical (unpaired) electrons.